The lowest BCUT2D eigenvalue weighted by Crippen LogP contribution is -2.02. The van der Waals surface area contributed by atoms with Crippen molar-refractivity contribution in [3.8, 4) is 11.5 Å². The Bertz CT molecular complexity index is 567. The van der Waals surface area contributed by atoms with Crippen molar-refractivity contribution in [1.29, 1.82) is 0 Å². The van der Waals surface area contributed by atoms with Crippen molar-refractivity contribution in [2.45, 2.75) is 20.4 Å². The predicted octanol–water partition coefficient (Wildman–Crippen LogP) is 3.39. The zero-order valence-corrected chi connectivity index (χ0v) is 12.4. The molecule has 1 aromatic carbocycles. The molecule has 0 aliphatic rings. The maximum absolute atomic E-state index is 5.31. The third kappa shape index (κ3) is 3.17. The summed E-state index contributed by atoms with van der Waals surface area (Å²) in [5.74, 6) is 1.47. The molecule has 1 N–H and O–H groups in total. The average Bonchev–Trinajstić information content (AvgIpc) is 2.82. The third-order valence-corrected chi connectivity index (χ3v) is 3.68. The standard InChI is InChI=1S/C14H18N2O2S/c1-9-5-13(17-3)14(18-4)6-12(9)15-7-11-8-19-10(2)16-11/h5-6,8,15H,7H2,1-4H3. The number of methoxy groups -OCH3 is 2. The highest BCUT2D eigenvalue weighted by molar-refractivity contribution is 7.09. The van der Waals surface area contributed by atoms with E-state index in [-0.39, 0.29) is 0 Å². The maximum Gasteiger partial charge on any atom is 0.162 e. The van der Waals surface area contributed by atoms with Gasteiger partial charge in [0.25, 0.3) is 0 Å². The van der Waals surface area contributed by atoms with Crippen LogP contribution >= 0.6 is 11.3 Å². The summed E-state index contributed by atoms with van der Waals surface area (Å²) in [4.78, 5) is 4.43. The first-order valence-corrected chi connectivity index (χ1v) is 6.89. The molecular formula is C14H18N2O2S. The van der Waals surface area contributed by atoms with Crippen LogP contribution in [0.4, 0.5) is 5.69 Å². The van der Waals surface area contributed by atoms with Gasteiger partial charge in [0.1, 0.15) is 0 Å². The number of ether oxygens (including phenoxy) is 2. The van der Waals surface area contributed by atoms with Crippen LogP contribution in [0.3, 0.4) is 0 Å². The Kier molecular flexibility index (Phi) is 4.27. The van der Waals surface area contributed by atoms with Crippen molar-refractivity contribution in [2.75, 3.05) is 19.5 Å². The summed E-state index contributed by atoms with van der Waals surface area (Å²) < 4.78 is 10.6. The lowest BCUT2D eigenvalue weighted by Gasteiger charge is -2.13. The molecule has 0 amide bonds. The number of anilines is 1. The van der Waals surface area contributed by atoms with Gasteiger partial charge in [0.15, 0.2) is 11.5 Å². The molecule has 19 heavy (non-hydrogen) atoms. The molecule has 0 atom stereocenters. The highest BCUT2D eigenvalue weighted by Gasteiger charge is 2.08. The first-order valence-electron chi connectivity index (χ1n) is 6.01. The molecule has 5 heteroatoms. The molecule has 2 rings (SSSR count). The van der Waals surface area contributed by atoms with Crippen LogP contribution in [0.25, 0.3) is 0 Å². The van der Waals surface area contributed by atoms with Gasteiger partial charge in [0, 0.05) is 17.1 Å². The van der Waals surface area contributed by atoms with E-state index in [0.717, 1.165) is 33.5 Å². The van der Waals surface area contributed by atoms with Crippen molar-refractivity contribution >= 4 is 17.0 Å². The molecular weight excluding hydrogens is 260 g/mol. The van der Waals surface area contributed by atoms with E-state index in [1.807, 2.05) is 26.0 Å². The Morgan fingerprint density at radius 1 is 1.16 bits per heavy atom. The second-order valence-electron chi connectivity index (χ2n) is 4.23. The SMILES string of the molecule is COc1cc(C)c(NCc2csc(C)n2)cc1OC. The number of rotatable bonds is 5. The number of hydrogen-bond donors (Lipinski definition) is 1. The minimum atomic E-state index is 0.709. The molecule has 0 aliphatic carbocycles. The summed E-state index contributed by atoms with van der Waals surface area (Å²) in [7, 11) is 3.28. The molecule has 0 radical (unpaired) electrons. The third-order valence-electron chi connectivity index (χ3n) is 2.86. The van der Waals surface area contributed by atoms with Gasteiger partial charge in [-0.2, -0.15) is 0 Å². The Balaban J connectivity index is 2.15. The molecule has 0 saturated carbocycles. The monoisotopic (exact) mass is 278 g/mol. The summed E-state index contributed by atoms with van der Waals surface area (Å²) in [6, 6.07) is 3.92. The molecule has 0 unspecified atom stereocenters. The number of aryl methyl sites for hydroxylation is 2. The Hall–Kier alpha value is -1.75. The number of benzene rings is 1. The van der Waals surface area contributed by atoms with Gasteiger partial charge in [-0.3, -0.25) is 0 Å². The number of hydrogen-bond acceptors (Lipinski definition) is 5. The van der Waals surface area contributed by atoms with E-state index in [0.29, 0.717) is 6.54 Å². The van der Waals surface area contributed by atoms with Crippen molar-refractivity contribution in [3.05, 3.63) is 33.8 Å². The quantitative estimate of drug-likeness (QED) is 0.910. The Labute approximate surface area is 117 Å². The van der Waals surface area contributed by atoms with Gasteiger partial charge in [-0.15, -0.1) is 11.3 Å². The molecule has 0 aliphatic heterocycles. The Morgan fingerprint density at radius 3 is 2.42 bits per heavy atom. The van der Waals surface area contributed by atoms with Crippen LogP contribution in [-0.2, 0) is 6.54 Å². The van der Waals surface area contributed by atoms with Crippen molar-refractivity contribution in [2.24, 2.45) is 0 Å². The fourth-order valence-electron chi connectivity index (χ4n) is 1.85. The number of nitrogens with one attached hydrogen (secondary N) is 1. The van der Waals surface area contributed by atoms with Crippen molar-refractivity contribution < 1.29 is 9.47 Å². The summed E-state index contributed by atoms with van der Waals surface area (Å²) in [5.41, 5.74) is 3.20. The number of aromatic nitrogens is 1. The van der Waals surface area contributed by atoms with Crippen LogP contribution in [0.1, 0.15) is 16.3 Å². The van der Waals surface area contributed by atoms with E-state index < -0.39 is 0 Å². The molecule has 4 nitrogen and oxygen atoms in total. The molecule has 102 valence electrons. The summed E-state index contributed by atoms with van der Waals surface area (Å²) >= 11 is 1.66. The second-order valence-corrected chi connectivity index (χ2v) is 5.30. The maximum atomic E-state index is 5.31. The number of thiazole rings is 1. The van der Waals surface area contributed by atoms with Gasteiger partial charge in [0.2, 0.25) is 0 Å². The lowest BCUT2D eigenvalue weighted by molar-refractivity contribution is 0.355. The lowest BCUT2D eigenvalue weighted by atomic mass is 10.1. The van der Waals surface area contributed by atoms with E-state index in [4.69, 9.17) is 9.47 Å². The van der Waals surface area contributed by atoms with Crippen LogP contribution in [0.2, 0.25) is 0 Å². The van der Waals surface area contributed by atoms with Gasteiger partial charge in [0.05, 0.1) is 31.5 Å². The topological polar surface area (TPSA) is 43.4 Å². The molecule has 0 saturated heterocycles. The van der Waals surface area contributed by atoms with E-state index >= 15 is 0 Å². The van der Waals surface area contributed by atoms with Gasteiger partial charge in [-0.05, 0) is 25.5 Å². The van der Waals surface area contributed by atoms with E-state index in [9.17, 15) is 0 Å². The highest BCUT2D eigenvalue weighted by atomic mass is 32.1. The van der Waals surface area contributed by atoms with Crippen LogP contribution in [-0.4, -0.2) is 19.2 Å². The summed E-state index contributed by atoms with van der Waals surface area (Å²) in [6.45, 7) is 4.76. The molecule has 1 aromatic heterocycles. The average molecular weight is 278 g/mol. The fraction of sp³-hybridized carbons (Fsp3) is 0.357. The van der Waals surface area contributed by atoms with E-state index in [1.165, 1.54) is 0 Å². The molecule has 0 fully saturated rings. The van der Waals surface area contributed by atoms with Gasteiger partial charge in [-0.1, -0.05) is 0 Å². The molecule has 0 bridgehead atoms. The van der Waals surface area contributed by atoms with Crippen LogP contribution in [0.15, 0.2) is 17.5 Å². The summed E-state index contributed by atoms with van der Waals surface area (Å²) in [5, 5.41) is 6.53. The number of nitrogens with zero attached hydrogens (tertiary/aromatic N) is 1. The second kappa shape index (κ2) is 5.93. The van der Waals surface area contributed by atoms with Gasteiger partial charge in [-0.25, -0.2) is 4.98 Å². The molecule has 1 heterocycles. The van der Waals surface area contributed by atoms with Crippen molar-refractivity contribution in [1.82, 2.24) is 4.98 Å². The summed E-state index contributed by atoms with van der Waals surface area (Å²) in [6.07, 6.45) is 0. The first kappa shape index (κ1) is 13.7. The van der Waals surface area contributed by atoms with E-state index in [2.05, 4.69) is 15.7 Å². The minimum Gasteiger partial charge on any atom is -0.493 e. The normalized spacial score (nSPS) is 10.3. The van der Waals surface area contributed by atoms with Gasteiger partial charge < -0.3 is 14.8 Å². The predicted molar refractivity (Wildman–Crippen MR) is 78.5 cm³/mol. The smallest absolute Gasteiger partial charge is 0.162 e. The first-order chi connectivity index (χ1) is 9.13. The molecule has 2 aromatic rings. The van der Waals surface area contributed by atoms with Crippen LogP contribution in [0.5, 0.6) is 11.5 Å². The Morgan fingerprint density at radius 2 is 1.84 bits per heavy atom. The highest BCUT2D eigenvalue weighted by Crippen LogP contribution is 2.33. The van der Waals surface area contributed by atoms with Crippen LogP contribution < -0.4 is 14.8 Å². The zero-order valence-electron chi connectivity index (χ0n) is 11.6. The largest absolute Gasteiger partial charge is 0.493 e. The van der Waals surface area contributed by atoms with Crippen molar-refractivity contribution in [3.63, 3.8) is 0 Å². The fourth-order valence-corrected chi connectivity index (χ4v) is 2.46. The van der Waals surface area contributed by atoms with Gasteiger partial charge >= 0.3 is 0 Å². The minimum absolute atomic E-state index is 0.709. The van der Waals surface area contributed by atoms with Crippen LogP contribution in [0, 0.1) is 13.8 Å². The molecule has 0 spiro atoms. The van der Waals surface area contributed by atoms with E-state index in [1.54, 1.807) is 25.6 Å². The zero-order chi connectivity index (χ0) is 13.8.